The van der Waals surface area contributed by atoms with Crippen molar-refractivity contribution in [3.8, 4) is 5.75 Å². The van der Waals surface area contributed by atoms with Crippen LogP contribution in [0.2, 0.25) is 0 Å². The van der Waals surface area contributed by atoms with E-state index in [1.165, 1.54) is 0 Å². The minimum atomic E-state index is 0.438. The van der Waals surface area contributed by atoms with E-state index < -0.39 is 0 Å². The van der Waals surface area contributed by atoms with Crippen molar-refractivity contribution < 1.29 is 9.53 Å². The molecule has 0 saturated carbocycles. The molecule has 94 valence electrons. The lowest BCUT2D eigenvalue weighted by atomic mass is 10.2. The van der Waals surface area contributed by atoms with Gasteiger partial charge in [0.25, 0.3) is 0 Å². The highest BCUT2D eigenvalue weighted by atomic mass is 32.1. The van der Waals surface area contributed by atoms with Crippen LogP contribution in [0.15, 0.2) is 29.6 Å². The lowest BCUT2D eigenvalue weighted by Crippen LogP contribution is -1.96. The lowest BCUT2D eigenvalue weighted by Gasteiger charge is -2.04. The summed E-state index contributed by atoms with van der Waals surface area (Å²) in [5.41, 5.74) is 1.72. The quantitative estimate of drug-likeness (QED) is 0.771. The summed E-state index contributed by atoms with van der Waals surface area (Å²) in [4.78, 5) is 15.1. The number of carbonyl (C=O) groups excluding carboxylic acids is 1. The van der Waals surface area contributed by atoms with Gasteiger partial charge in [0.2, 0.25) is 0 Å². The van der Waals surface area contributed by atoms with Crippen molar-refractivity contribution in [2.24, 2.45) is 0 Å². The topological polar surface area (TPSA) is 39.2 Å². The zero-order chi connectivity index (χ0) is 13.0. The van der Waals surface area contributed by atoms with E-state index in [0.717, 1.165) is 17.0 Å². The van der Waals surface area contributed by atoms with Gasteiger partial charge < -0.3 is 4.74 Å². The maximum Gasteiger partial charge on any atom is 0.150 e. The normalized spacial score (nSPS) is 10.6. The average molecular weight is 261 g/mol. The van der Waals surface area contributed by atoms with Gasteiger partial charge in [-0.25, -0.2) is 4.98 Å². The molecule has 0 spiro atoms. The Balaban J connectivity index is 1.99. The minimum absolute atomic E-state index is 0.438. The van der Waals surface area contributed by atoms with E-state index in [2.05, 4.69) is 24.2 Å². The van der Waals surface area contributed by atoms with E-state index in [9.17, 15) is 4.79 Å². The van der Waals surface area contributed by atoms with Crippen LogP contribution in [0.3, 0.4) is 0 Å². The molecule has 0 unspecified atom stereocenters. The molecule has 1 heterocycles. The Morgan fingerprint density at radius 1 is 1.44 bits per heavy atom. The molecule has 0 radical (unpaired) electrons. The van der Waals surface area contributed by atoms with Gasteiger partial charge in [0.05, 0.1) is 5.69 Å². The van der Waals surface area contributed by atoms with E-state index in [1.54, 1.807) is 29.5 Å². The highest BCUT2D eigenvalue weighted by Crippen LogP contribution is 2.20. The summed E-state index contributed by atoms with van der Waals surface area (Å²) in [6, 6.07) is 7.12. The van der Waals surface area contributed by atoms with Crippen LogP contribution in [0, 0.1) is 0 Å². The molecule has 4 heteroatoms. The molecule has 18 heavy (non-hydrogen) atoms. The Bertz CT molecular complexity index is 534. The second-order valence-electron chi connectivity index (χ2n) is 4.30. The zero-order valence-electron chi connectivity index (χ0n) is 10.4. The van der Waals surface area contributed by atoms with Crippen molar-refractivity contribution in [1.29, 1.82) is 0 Å². The Hall–Kier alpha value is -1.68. The Morgan fingerprint density at radius 2 is 2.28 bits per heavy atom. The van der Waals surface area contributed by atoms with E-state index in [-0.39, 0.29) is 0 Å². The van der Waals surface area contributed by atoms with Crippen LogP contribution in [-0.2, 0) is 6.61 Å². The van der Waals surface area contributed by atoms with Gasteiger partial charge >= 0.3 is 0 Å². The monoisotopic (exact) mass is 261 g/mol. The molecular weight excluding hydrogens is 246 g/mol. The molecule has 0 N–H and O–H groups in total. The van der Waals surface area contributed by atoms with E-state index in [4.69, 9.17) is 4.74 Å². The molecular formula is C14H15NO2S. The fraction of sp³-hybridized carbons (Fsp3) is 0.286. The van der Waals surface area contributed by atoms with Crippen LogP contribution in [0.4, 0.5) is 0 Å². The molecule has 0 saturated heterocycles. The first-order chi connectivity index (χ1) is 8.69. The summed E-state index contributed by atoms with van der Waals surface area (Å²) in [6.45, 7) is 4.68. The molecule has 0 bridgehead atoms. The maximum atomic E-state index is 10.6. The SMILES string of the molecule is CC(C)c1csc(COc2cccc(C=O)c2)n1. The number of benzene rings is 1. The third kappa shape index (κ3) is 3.17. The highest BCUT2D eigenvalue weighted by molar-refractivity contribution is 7.09. The number of nitrogens with zero attached hydrogens (tertiary/aromatic N) is 1. The smallest absolute Gasteiger partial charge is 0.150 e. The first kappa shape index (κ1) is 12.8. The molecule has 0 aliphatic carbocycles. The predicted molar refractivity (Wildman–Crippen MR) is 72.4 cm³/mol. The van der Waals surface area contributed by atoms with Gasteiger partial charge in [-0.15, -0.1) is 11.3 Å². The average Bonchev–Trinajstić information content (AvgIpc) is 2.85. The number of ether oxygens (including phenoxy) is 1. The Morgan fingerprint density at radius 3 is 2.94 bits per heavy atom. The number of hydrogen-bond donors (Lipinski definition) is 0. The number of thiazole rings is 1. The number of aromatic nitrogens is 1. The number of carbonyl (C=O) groups is 1. The fourth-order valence-corrected chi connectivity index (χ4v) is 2.35. The van der Waals surface area contributed by atoms with E-state index >= 15 is 0 Å². The largest absolute Gasteiger partial charge is 0.486 e. The van der Waals surface area contributed by atoms with Gasteiger partial charge in [-0.1, -0.05) is 26.0 Å². The van der Waals surface area contributed by atoms with Crippen LogP contribution in [-0.4, -0.2) is 11.3 Å². The van der Waals surface area contributed by atoms with E-state index in [0.29, 0.717) is 23.8 Å². The number of hydrogen-bond acceptors (Lipinski definition) is 4. The van der Waals surface area contributed by atoms with Crippen LogP contribution >= 0.6 is 11.3 Å². The van der Waals surface area contributed by atoms with Gasteiger partial charge in [-0.05, 0) is 18.1 Å². The van der Waals surface area contributed by atoms with E-state index in [1.807, 2.05) is 6.07 Å². The molecule has 1 aromatic heterocycles. The lowest BCUT2D eigenvalue weighted by molar-refractivity contribution is 0.112. The van der Waals surface area contributed by atoms with Crippen molar-refractivity contribution in [3.05, 3.63) is 45.9 Å². The maximum absolute atomic E-state index is 10.6. The third-order valence-corrected chi connectivity index (χ3v) is 3.36. The number of rotatable bonds is 5. The number of aldehydes is 1. The molecule has 1 aromatic carbocycles. The molecule has 3 nitrogen and oxygen atoms in total. The van der Waals surface area contributed by atoms with Gasteiger partial charge in [0.1, 0.15) is 23.7 Å². The standard InChI is InChI=1S/C14H15NO2S/c1-10(2)13-9-18-14(15-13)8-17-12-5-3-4-11(6-12)7-16/h3-7,9-10H,8H2,1-2H3. The molecule has 0 amide bonds. The van der Waals surface area contributed by atoms with Gasteiger partial charge in [-0.2, -0.15) is 0 Å². The van der Waals surface area contributed by atoms with Crippen LogP contribution in [0.1, 0.15) is 40.8 Å². The second kappa shape index (κ2) is 5.78. The van der Waals surface area contributed by atoms with Gasteiger partial charge in [0.15, 0.2) is 0 Å². The summed E-state index contributed by atoms with van der Waals surface area (Å²) in [7, 11) is 0. The molecule has 0 aliphatic rings. The first-order valence-electron chi connectivity index (χ1n) is 5.81. The minimum Gasteiger partial charge on any atom is -0.486 e. The van der Waals surface area contributed by atoms with Gasteiger partial charge in [-0.3, -0.25) is 4.79 Å². The molecule has 2 rings (SSSR count). The van der Waals surface area contributed by atoms with Crippen LogP contribution in [0.25, 0.3) is 0 Å². The van der Waals surface area contributed by atoms with Crippen molar-refractivity contribution in [2.75, 3.05) is 0 Å². The van der Waals surface area contributed by atoms with Crippen molar-refractivity contribution in [1.82, 2.24) is 4.98 Å². The van der Waals surface area contributed by atoms with Crippen molar-refractivity contribution in [3.63, 3.8) is 0 Å². The summed E-state index contributed by atoms with van der Waals surface area (Å²) >= 11 is 1.60. The fourth-order valence-electron chi connectivity index (χ4n) is 1.48. The Kier molecular flexibility index (Phi) is 4.10. The molecule has 2 aromatic rings. The third-order valence-electron chi connectivity index (χ3n) is 2.52. The summed E-state index contributed by atoms with van der Waals surface area (Å²) < 4.78 is 5.62. The second-order valence-corrected chi connectivity index (χ2v) is 5.24. The summed E-state index contributed by atoms with van der Waals surface area (Å²) in [5.74, 6) is 1.13. The highest BCUT2D eigenvalue weighted by Gasteiger charge is 2.06. The Labute approximate surface area is 110 Å². The molecule has 0 aliphatic heterocycles. The summed E-state index contributed by atoms with van der Waals surface area (Å²) in [6.07, 6.45) is 0.813. The van der Waals surface area contributed by atoms with Crippen LogP contribution in [0.5, 0.6) is 5.75 Å². The summed E-state index contributed by atoms with van der Waals surface area (Å²) in [5, 5.41) is 3.01. The molecule has 0 fully saturated rings. The zero-order valence-corrected chi connectivity index (χ0v) is 11.2. The first-order valence-corrected chi connectivity index (χ1v) is 6.69. The molecule has 0 atom stereocenters. The van der Waals surface area contributed by atoms with Crippen LogP contribution < -0.4 is 4.74 Å². The van der Waals surface area contributed by atoms with Crippen molar-refractivity contribution >= 4 is 17.6 Å². The van der Waals surface area contributed by atoms with Gasteiger partial charge in [0, 0.05) is 10.9 Å². The van der Waals surface area contributed by atoms with Crippen molar-refractivity contribution in [2.45, 2.75) is 26.4 Å². The predicted octanol–water partition coefficient (Wildman–Crippen LogP) is 3.66.